The summed E-state index contributed by atoms with van der Waals surface area (Å²) in [5.41, 5.74) is 1.20. The second-order valence-corrected chi connectivity index (χ2v) is 6.53. The molecule has 2 rings (SSSR count). The minimum absolute atomic E-state index is 0.263. The van der Waals surface area contributed by atoms with Crippen LogP contribution in [0.4, 0.5) is 0 Å². The third-order valence-corrected chi connectivity index (χ3v) is 5.46. The summed E-state index contributed by atoms with van der Waals surface area (Å²) in [5.74, 6) is 1.02. The van der Waals surface area contributed by atoms with E-state index in [9.17, 15) is 5.11 Å². The van der Waals surface area contributed by atoms with Gasteiger partial charge in [0, 0.05) is 18.2 Å². The van der Waals surface area contributed by atoms with Crippen molar-refractivity contribution in [2.45, 2.75) is 51.0 Å². The fourth-order valence-corrected chi connectivity index (χ4v) is 3.87. The maximum absolute atomic E-state index is 10.6. The average Bonchev–Trinajstić information content (AvgIpc) is 2.75. The van der Waals surface area contributed by atoms with Gasteiger partial charge in [0.1, 0.15) is 0 Å². The first-order valence-corrected chi connectivity index (χ1v) is 7.46. The molecule has 96 valence electrons. The summed E-state index contributed by atoms with van der Waals surface area (Å²) in [6.07, 6.45) is 1.44. The molecule has 2 unspecified atom stereocenters. The van der Waals surface area contributed by atoms with Crippen LogP contribution in [0.2, 0.25) is 5.02 Å². The Hall–Kier alpha value is -0.190. The molecular weight excluding hydrogens is 256 g/mol. The Morgan fingerprint density at radius 3 is 2.88 bits per heavy atom. The number of aryl methyl sites for hydroxylation is 2. The lowest BCUT2D eigenvalue weighted by atomic mass is 9.91. The van der Waals surface area contributed by atoms with Gasteiger partial charge in [-0.25, -0.2) is 0 Å². The van der Waals surface area contributed by atoms with Crippen LogP contribution in [0.3, 0.4) is 0 Å². The van der Waals surface area contributed by atoms with Crippen molar-refractivity contribution in [1.82, 2.24) is 9.78 Å². The third kappa shape index (κ3) is 2.35. The fourth-order valence-electron chi connectivity index (χ4n) is 2.33. The summed E-state index contributed by atoms with van der Waals surface area (Å²) in [4.78, 5) is 0. The predicted molar refractivity (Wildman–Crippen MR) is 72.8 cm³/mol. The Labute approximate surface area is 112 Å². The molecule has 0 radical (unpaired) electrons. The van der Waals surface area contributed by atoms with Crippen molar-refractivity contribution in [2.24, 2.45) is 0 Å². The maximum Gasteiger partial charge on any atom is 0.0848 e. The molecular formula is C12H19ClN2OS. The van der Waals surface area contributed by atoms with Crippen LogP contribution >= 0.6 is 23.4 Å². The van der Waals surface area contributed by atoms with E-state index >= 15 is 0 Å². The summed E-state index contributed by atoms with van der Waals surface area (Å²) < 4.78 is 1.91. The number of aromatic nitrogens is 2. The first-order valence-electron chi connectivity index (χ1n) is 6.03. The van der Waals surface area contributed by atoms with Gasteiger partial charge in [-0.05, 0) is 26.0 Å². The summed E-state index contributed by atoms with van der Waals surface area (Å²) in [7, 11) is 0. The Kier molecular flexibility index (Phi) is 3.76. The molecule has 2 heterocycles. The standard InChI is InChI=1S/C12H19ClN2OS/c1-4-15-10(11(13)8(2)14-15)7-12(16)5-6-17-9(12)3/h9,16H,4-7H2,1-3H3. The highest BCUT2D eigenvalue weighted by Gasteiger charge is 2.40. The Morgan fingerprint density at radius 2 is 2.35 bits per heavy atom. The highest BCUT2D eigenvalue weighted by atomic mass is 35.5. The minimum Gasteiger partial charge on any atom is -0.388 e. The molecule has 1 aliphatic rings. The Morgan fingerprint density at radius 1 is 1.65 bits per heavy atom. The van der Waals surface area contributed by atoms with Gasteiger partial charge in [-0.15, -0.1) is 0 Å². The Bertz CT molecular complexity index is 421. The zero-order chi connectivity index (χ0) is 12.6. The lowest BCUT2D eigenvalue weighted by Crippen LogP contribution is -2.37. The van der Waals surface area contributed by atoms with Crippen LogP contribution in [-0.4, -0.2) is 31.5 Å². The monoisotopic (exact) mass is 274 g/mol. The third-order valence-electron chi connectivity index (χ3n) is 3.59. The fraction of sp³-hybridized carbons (Fsp3) is 0.750. The first-order chi connectivity index (χ1) is 7.98. The van der Waals surface area contributed by atoms with Gasteiger partial charge in [-0.3, -0.25) is 4.68 Å². The number of nitrogens with zero attached hydrogens (tertiary/aromatic N) is 2. The second-order valence-electron chi connectivity index (χ2n) is 4.71. The molecule has 1 fully saturated rings. The second kappa shape index (κ2) is 4.82. The first kappa shape index (κ1) is 13.2. The molecule has 17 heavy (non-hydrogen) atoms. The van der Waals surface area contributed by atoms with Gasteiger partial charge >= 0.3 is 0 Å². The van der Waals surface area contributed by atoms with Gasteiger partial charge in [-0.2, -0.15) is 16.9 Å². The topological polar surface area (TPSA) is 38.0 Å². The molecule has 3 nitrogen and oxygen atoms in total. The molecule has 1 saturated heterocycles. The van der Waals surface area contributed by atoms with Gasteiger partial charge in [0.15, 0.2) is 0 Å². The number of aliphatic hydroxyl groups is 1. The van der Waals surface area contributed by atoms with Crippen LogP contribution in [0.1, 0.15) is 31.7 Å². The lowest BCUT2D eigenvalue weighted by molar-refractivity contribution is 0.0444. The van der Waals surface area contributed by atoms with Crippen molar-refractivity contribution in [1.29, 1.82) is 0 Å². The zero-order valence-corrected chi connectivity index (χ0v) is 12.1. The minimum atomic E-state index is -0.631. The van der Waals surface area contributed by atoms with E-state index in [0.29, 0.717) is 11.4 Å². The van der Waals surface area contributed by atoms with Gasteiger partial charge in [0.25, 0.3) is 0 Å². The van der Waals surface area contributed by atoms with Gasteiger partial charge in [0.05, 0.1) is 22.0 Å². The van der Waals surface area contributed by atoms with Crippen molar-refractivity contribution in [2.75, 3.05) is 5.75 Å². The Balaban J connectivity index is 2.29. The molecule has 0 saturated carbocycles. The van der Waals surface area contributed by atoms with Crippen molar-refractivity contribution < 1.29 is 5.11 Å². The summed E-state index contributed by atoms with van der Waals surface area (Å²) in [6.45, 7) is 6.84. The molecule has 0 aliphatic carbocycles. The summed E-state index contributed by atoms with van der Waals surface area (Å²) >= 11 is 8.11. The van der Waals surface area contributed by atoms with Crippen LogP contribution in [0.25, 0.3) is 0 Å². The average molecular weight is 275 g/mol. The van der Waals surface area contributed by atoms with E-state index in [4.69, 9.17) is 11.6 Å². The maximum atomic E-state index is 10.6. The zero-order valence-electron chi connectivity index (χ0n) is 10.5. The van der Waals surface area contributed by atoms with E-state index < -0.39 is 5.60 Å². The molecule has 0 amide bonds. The molecule has 0 aromatic carbocycles. The molecule has 0 bridgehead atoms. The highest BCUT2D eigenvalue weighted by Crippen LogP contribution is 2.39. The van der Waals surface area contributed by atoms with E-state index in [1.807, 2.05) is 30.3 Å². The lowest BCUT2D eigenvalue weighted by Gasteiger charge is -2.27. The molecule has 1 aliphatic heterocycles. The molecule has 1 aromatic heterocycles. The number of thioether (sulfide) groups is 1. The summed E-state index contributed by atoms with van der Waals surface area (Å²) in [6, 6.07) is 0. The van der Waals surface area contributed by atoms with Crippen LogP contribution in [0, 0.1) is 6.92 Å². The van der Waals surface area contributed by atoms with E-state index in [2.05, 4.69) is 12.0 Å². The van der Waals surface area contributed by atoms with Crippen molar-refractivity contribution in [3.63, 3.8) is 0 Å². The van der Waals surface area contributed by atoms with Gasteiger partial charge < -0.3 is 5.11 Å². The summed E-state index contributed by atoms with van der Waals surface area (Å²) in [5, 5.41) is 16.0. The smallest absolute Gasteiger partial charge is 0.0848 e. The van der Waals surface area contributed by atoms with Crippen LogP contribution in [-0.2, 0) is 13.0 Å². The predicted octanol–water partition coefficient (Wildman–Crippen LogP) is 2.66. The van der Waals surface area contributed by atoms with Crippen molar-refractivity contribution in [3.05, 3.63) is 16.4 Å². The van der Waals surface area contributed by atoms with Gasteiger partial charge in [-0.1, -0.05) is 18.5 Å². The van der Waals surface area contributed by atoms with Gasteiger partial charge in [0.2, 0.25) is 0 Å². The van der Waals surface area contributed by atoms with Crippen molar-refractivity contribution in [3.8, 4) is 0 Å². The number of hydrogen-bond donors (Lipinski definition) is 1. The molecule has 1 aromatic rings. The van der Waals surface area contributed by atoms with Crippen LogP contribution < -0.4 is 0 Å². The molecule has 5 heteroatoms. The van der Waals surface area contributed by atoms with Crippen LogP contribution in [0.15, 0.2) is 0 Å². The SMILES string of the molecule is CCn1nc(C)c(Cl)c1CC1(O)CCSC1C. The molecule has 1 N–H and O–H groups in total. The number of hydrogen-bond acceptors (Lipinski definition) is 3. The van der Waals surface area contributed by atoms with E-state index in [1.54, 1.807) is 0 Å². The largest absolute Gasteiger partial charge is 0.388 e. The number of rotatable bonds is 3. The van der Waals surface area contributed by atoms with E-state index in [1.165, 1.54) is 0 Å². The van der Waals surface area contributed by atoms with Crippen molar-refractivity contribution >= 4 is 23.4 Å². The van der Waals surface area contributed by atoms with E-state index in [0.717, 1.165) is 30.1 Å². The molecule has 0 spiro atoms. The number of halogens is 1. The van der Waals surface area contributed by atoms with Crippen LogP contribution in [0.5, 0.6) is 0 Å². The molecule has 2 atom stereocenters. The van der Waals surface area contributed by atoms with E-state index in [-0.39, 0.29) is 5.25 Å². The highest BCUT2D eigenvalue weighted by molar-refractivity contribution is 8.00. The normalized spacial score (nSPS) is 28.9. The quantitative estimate of drug-likeness (QED) is 0.921.